The Morgan fingerprint density at radius 3 is 2.26 bits per heavy atom. The van der Waals surface area contributed by atoms with Crippen molar-refractivity contribution in [2.75, 3.05) is 7.11 Å². The number of hydrogen-bond donors (Lipinski definition) is 1. The van der Waals surface area contributed by atoms with E-state index in [1.807, 2.05) is 19.9 Å². The molecule has 19 heavy (non-hydrogen) atoms. The largest absolute Gasteiger partial charge is 0.467 e. The summed E-state index contributed by atoms with van der Waals surface area (Å²) in [7, 11) is 1.30. The molecule has 0 spiro atoms. The molecule has 1 amide bonds. The van der Waals surface area contributed by atoms with Gasteiger partial charge in [-0.3, -0.25) is 0 Å². The molecule has 1 N–H and O–H groups in total. The SMILES string of the molecule is COC(=O)[C@@H](CCC=C(C)C)NC(=O)OC(C)(C)C. The van der Waals surface area contributed by atoms with E-state index < -0.39 is 23.7 Å². The van der Waals surface area contributed by atoms with Crippen LogP contribution in [-0.2, 0) is 14.3 Å². The topological polar surface area (TPSA) is 64.6 Å². The Labute approximate surface area is 115 Å². The van der Waals surface area contributed by atoms with Crippen LogP contribution in [0, 0.1) is 0 Å². The van der Waals surface area contributed by atoms with Crippen LogP contribution >= 0.6 is 0 Å². The molecule has 0 fully saturated rings. The molecule has 0 saturated heterocycles. The number of esters is 1. The second kappa shape index (κ2) is 7.81. The zero-order valence-electron chi connectivity index (χ0n) is 12.7. The van der Waals surface area contributed by atoms with E-state index in [1.165, 1.54) is 12.7 Å². The third kappa shape index (κ3) is 9.11. The van der Waals surface area contributed by atoms with Crippen LogP contribution in [0.4, 0.5) is 4.79 Å². The van der Waals surface area contributed by atoms with Crippen molar-refractivity contribution < 1.29 is 19.1 Å². The van der Waals surface area contributed by atoms with Gasteiger partial charge in [0.1, 0.15) is 11.6 Å². The van der Waals surface area contributed by atoms with Crippen molar-refractivity contribution >= 4 is 12.1 Å². The number of carbonyl (C=O) groups excluding carboxylic acids is 2. The van der Waals surface area contributed by atoms with Crippen LogP contribution in [0.5, 0.6) is 0 Å². The van der Waals surface area contributed by atoms with E-state index in [0.29, 0.717) is 12.8 Å². The molecule has 0 aliphatic rings. The molecular weight excluding hydrogens is 246 g/mol. The summed E-state index contributed by atoms with van der Waals surface area (Å²) < 4.78 is 9.79. The molecule has 0 aromatic heterocycles. The second-order valence-corrected chi connectivity index (χ2v) is 5.58. The van der Waals surface area contributed by atoms with Crippen molar-refractivity contribution in [2.45, 2.75) is 59.1 Å². The minimum absolute atomic E-state index is 0.465. The Hall–Kier alpha value is -1.52. The molecule has 1 atom stereocenters. The zero-order chi connectivity index (χ0) is 15.1. The normalized spacial score (nSPS) is 12.3. The highest BCUT2D eigenvalue weighted by atomic mass is 16.6. The van der Waals surface area contributed by atoms with Gasteiger partial charge in [0.2, 0.25) is 0 Å². The van der Waals surface area contributed by atoms with E-state index in [0.717, 1.165) is 0 Å². The van der Waals surface area contributed by atoms with E-state index >= 15 is 0 Å². The molecule has 5 nitrogen and oxygen atoms in total. The first kappa shape index (κ1) is 17.5. The van der Waals surface area contributed by atoms with Gasteiger partial charge in [-0.05, 0) is 47.5 Å². The summed E-state index contributed by atoms with van der Waals surface area (Å²) in [5.74, 6) is -0.465. The van der Waals surface area contributed by atoms with Gasteiger partial charge in [0, 0.05) is 0 Å². The van der Waals surface area contributed by atoms with Gasteiger partial charge in [0.25, 0.3) is 0 Å². The van der Waals surface area contributed by atoms with Gasteiger partial charge >= 0.3 is 12.1 Å². The lowest BCUT2D eigenvalue weighted by Crippen LogP contribution is -2.43. The molecular formula is C14H25NO4. The molecule has 0 radical (unpaired) electrons. The first-order valence-electron chi connectivity index (χ1n) is 6.36. The number of ether oxygens (including phenoxy) is 2. The first-order chi connectivity index (χ1) is 8.65. The molecule has 0 aromatic rings. The maximum atomic E-state index is 11.6. The van der Waals surface area contributed by atoms with E-state index in [9.17, 15) is 9.59 Å². The number of methoxy groups -OCH3 is 1. The molecule has 0 aliphatic heterocycles. The average molecular weight is 271 g/mol. The molecule has 0 bridgehead atoms. The van der Waals surface area contributed by atoms with Crippen LogP contribution in [0.3, 0.4) is 0 Å². The highest BCUT2D eigenvalue weighted by Crippen LogP contribution is 2.09. The van der Waals surface area contributed by atoms with Gasteiger partial charge in [-0.15, -0.1) is 0 Å². The van der Waals surface area contributed by atoms with Gasteiger partial charge in [-0.1, -0.05) is 11.6 Å². The van der Waals surface area contributed by atoms with Crippen LogP contribution < -0.4 is 5.32 Å². The average Bonchev–Trinajstić information content (AvgIpc) is 2.23. The quantitative estimate of drug-likeness (QED) is 0.617. The van der Waals surface area contributed by atoms with Crippen molar-refractivity contribution in [2.24, 2.45) is 0 Å². The summed E-state index contributed by atoms with van der Waals surface area (Å²) in [5, 5.41) is 2.53. The minimum Gasteiger partial charge on any atom is -0.467 e. The summed E-state index contributed by atoms with van der Waals surface area (Å²) in [6, 6.07) is -0.685. The highest BCUT2D eigenvalue weighted by molar-refractivity contribution is 5.81. The van der Waals surface area contributed by atoms with Gasteiger partial charge in [0.15, 0.2) is 0 Å². The van der Waals surface area contributed by atoms with Crippen LogP contribution in [0.2, 0.25) is 0 Å². The third-order valence-corrected chi connectivity index (χ3v) is 2.18. The molecule has 0 saturated carbocycles. The maximum absolute atomic E-state index is 11.6. The summed E-state index contributed by atoms with van der Waals surface area (Å²) in [6.45, 7) is 9.26. The summed E-state index contributed by atoms with van der Waals surface area (Å²) in [4.78, 5) is 23.2. The molecule has 0 aliphatic carbocycles. The Balaban J connectivity index is 4.47. The van der Waals surface area contributed by atoms with Crippen LogP contribution in [0.1, 0.15) is 47.5 Å². The number of carbonyl (C=O) groups is 2. The highest BCUT2D eigenvalue weighted by Gasteiger charge is 2.24. The van der Waals surface area contributed by atoms with Crippen molar-refractivity contribution in [1.29, 1.82) is 0 Å². The fourth-order valence-corrected chi connectivity index (χ4v) is 1.38. The molecule has 0 heterocycles. The van der Waals surface area contributed by atoms with Crippen LogP contribution in [0.15, 0.2) is 11.6 Å². The fourth-order valence-electron chi connectivity index (χ4n) is 1.38. The molecule has 0 aromatic carbocycles. The smallest absolute Gasteiger partial charge is 0.408 e. The molecule has 0 unspecified atom stereocenters. The van der Waals surface area contributed by atoms with Crippen LogP contribution in [-0.4, -0.2) is 30.8 Å². The van der Waals surface area contributed by atoms with Crippen LogP contribution in [0.25, 0.3) is 0 Å². The Morgan fingerprint density at radius 2 is 1.84 bits per heavy atom. The van der Waals surface area contributed by atoms with Crippen molar-refractivity contribution in [1.82, 2.24) is 5.32 Å². The lowest BCUT2D eigenvalue weighted by molar-refractivity contribution is -0.143. The van der Waals surface area contributed by atoms with Gasteiger partial charge in [-0.2, -0.15) is 0 Å². The minimum atomic E-state index is -0.685. The first-order valence-corrected chi connectivity index (χ1v) is 6.36. The number of alkyl carbamates (subject to hydrolysis) is 1. The van der Waals surface area contributed by atoms with E-state index in [1.54, 1.807) is 20.8 Å². The van der Waals surface area contributed by atoms with Crippen molar-refractivity contribution in [3.8, 4) is 0 Å². The van der Waals surface area contributed by atoms with E-state index in [2.05, 4.69) is 10.1 Å². The number of amides is 1. The molecule has 110 valence electrons. The zero-order valence-corrected chi connectivity index (χ0v) is 12.7. The third-order valence-electron chi connectivity index (χ3n) is 2.18. The Bertz CT molecular complexity index is 338. The monoisotopic (exact) mass is 271 g/mol. The Morgan fingerprint density at radius 1 is 1.26 bits per heavy atom. The number of nitrogens with one attached hydrogen (secondary N) is 1. The summed E-state index contributed by atoms with van der Waals surface area (Å²) in [5.41, 5.74) is 0.575. The van der Waals surface area contributed by atoms with E-state index in [-0.39, 0.29) is 0 Å². The number of allylic oxidation sites excluding steroid dienone is 2. The standard InChI is InChI=1S/C14H25NO4/c1-10(2)8-7-9-11(12(16)18-6)15-13(17)19-14(3,4)5/h8,11H,7,9H2,1-6H3,(H,15,17)/t11-/m1/s1. The summed E-state index contributed by atoms with van der Waals surface area (Å²) >= 11 is 0. The fraction of sp³-hybridized carbons (Fsp3) is 0.714. The Kier molecular flexibility index (Phi) is 7.19. The molecule has 5 heteroatoms. The van der Waals surface area contributed by atoms with E-state index in [4.69, 9.17) is 4.74 Å². The van der Waals surface area contributed by atoms with Gasteiger partial charge < -0.3 is 14.8 Å². The lowest BCUT2D eigenvalue weighted by atomic mass is 10.1. The van der Waals surface area contributed by atoms with Crippen molar-refractivity contribution in [3.63, 3.8) is 0 Å². The second-order valence-electron chi connectivity index (χ2n) is 5.58. The predicted molar refractivity (Wildman–Crippen MR) is 73.8 cm³/mol. The molecule has 0 rings (SSSR count). The number of rotatable bonds is 5. The number of hydrogen-bond acceptors (Lipinski definition) is 4. The van der Waals surface area contributed by atoms with Gasteiger partial charge in [-0.25, -0.2) is 9.59 Å². The summed E-state index contributed by atoms with van der Waals surface area (Å²) in [6.07, 6.45) is 2.57. The maximum Gasteiger partial charge on any atom is 0.408 e. The van der Waals surface area contributed by atoms with Crippen molar-refractivity contribution in [3.05, 3.63) is 11.6 Å². The lowest BCUT2D eigenvalue weighted by Gasteiger charge is -2.22. The van der Waals surface area contributed by atoms with Gasteiger partial charge in [0.05, 0.1) is 7.11 Å². The predicted octanol–water partition coefficient (Wildman–Crippen LogP) is 2.80.